The molecular weight excluding hydrogens is 372 g/mol. The van der Waals surface area contributed by atoms with E-state index in [1.807, 2.05) is 30.3 Å². The maximum absolute atomic E-state index is 12.3. The minimum Gasteiger partial charge on any atom is -0.497 e. The van der Waals surface area contributed by atoms with E-state index in [0.29, 0.717) is 31.9 Å². The molecule has 0 aliphatic carbocycles. The average molecular weight is 398 g/mol. The van der Waals surface area contributed by atoms with Crippen molar-refractivity contribution in [3.05, 3.63) is 47.7 Å². The number of ether oxygens (including phenoxy) is 3. The molecule has 8 nitrogen and oxygen atoms in total. The third-order valence-electron chi connectivity index (χ3n) is 5.38. The molecule has 0 bridgehead atoms. The van der Waals surface area contributed by atoms with Gasteiger partial charge in [0, 0.05) is 32.5 Å². The Labute approximate surface area is 170 Å². The molecule has 1 aromatic carbocycles. The number of amides is 1. The molecule has 2 aromatic rings. The molecule has 0 atom stereocenters. The number of rotatable bonds is 6. The van der Waals surface area contributed by atoms with Crippen LogP contribution in [0.4, 0.5) is 5.82 Å². The number of anilines is 1. The summed E-state index contributed by atoms with van der Waals surface area (Å²) in [6.45, 7) is 3.44. The number of benzene rings is 1. The molecule has 1 aromatic heterocycles. The molecule has 29 heavy (non-hydrogen) atoms. The normalized spacial score (nSPS) is 18.0. The molecule has 2 fully saturated rings. The average Bonchev–Trinajstić information content (AvgIpc) is 3.22. The van der Waals surface area contributed by atoms with Crippen LogP contribution in [0, 0.1) is 0 Å². The van der Waals surface area contributed by atoms with Crippen LogP contribution in [0.25, 0.3) is 0 Å². The van der Waals surface area contributed by atoms with Crippen molar-refractivity contribution >= 4 is 11.7 Å². The van der Waals surface area contributed by atoms with Gasteiger partial charge in [-0.05, 0) is 36.2 Å². The van der Waals surface area contributed by atoms with Crippen LogP contribution in [0.3, 0.4) is 0 Å². The van der Waals surface area contributed by atoms with Gasteiger partial charge in [0.25, 0.3) is 5.91 Å². The zero-order chi connectivity index (χ0) is 20.1. The topological polar surface area (TPSA) is 85.8 Å². The van der Waals surface area contributed by atoms with Crippen molar-refractivity contribution < 1.29 is 19.0 Å². The van der Waals surface area contributed by atoms with Gasteiger partial charge in [-0.15, -0.1) is 10.2 Å². The monoisotopic (exact) mass is 398 g/mol. The van der Waals surface area contributed by atoms with Crippen LogP contribution in [0.15, 0.2) is 36.4 Å². The van der Waals surface area contributed by atoms with Gasteiger partial charge in [-0.25, -0.2) is 0 Å². The van der Waals surface area contributed by atoms with Gasteiger partial charge in [0.1, 0.15) is 5.75 Å². The Morgan fingerprint density at radius 3 is 2.66 bits per heavy atom. The Morgan fingerprint density at radius 1 is 1.17 bits per heavy atom. The largest absolute Gasteiger partial charge is 0.497 e. The van der Waals surface area contributed by atoms with Crippen LogP contribution in [-0.4, -0.2) is 61.8 Å². The maximum atomic E-state index is 12.3. The molecule has 0 unspecified atom stereocenters. The molecule has 3 heterocycles. The molecule has 8 heteroatoms. The summed E-state index contributed by atoms with van der Waals surface area (Å²) in [5.74, 6) is 0.944. The lowest BCUT2D eigenvalue weighted by Gasteiger charge is -2.37. The van der Waals surface area contributed by atoms with Gasteiger partial charge in [0.15, 0.2) is 17.3 Å². The quantitative estimate of drug-likeness (QED) is 0.794. The first-order valence-corrected chi connectivity index (χ1v) is 9.95. The minimum atomic E-state index is -0.410. The molecule has 0 saturated carbocycles. The van der Waals surface area contributed by atoms with E-state index >= 15 is 0 Å². The number of piperidine rings is 1. The van der Waals surface area contributed by atoms with E-state index in [1.54, 1.807) is 13.2 Å². The van der Waals surface area contributed by atoms with E-state index in [2.05, 4.69) is 20.4 Å². The van der Waals surface area contributed by atoms with Gasteiger partial charge in [-0.2, -0.15) is 0 Å². The second-order valence-electron chi connectivity index (χ2n) is 7.23. The number of carbonyl (C=O) groups excluding carboxylic acids is 1. The molecule has 2 aliphatic heterocycles. The summed E-state index contributed by atoms with van der Waals surface area (Å²) >= 11 is 0. The zero-order valence-electron chi connectivity index (χ0n) is 16.6. The Bertz CT molecular complexity index is 827. The lowest BCUT2D eigenvalue weighted by Crippen LogP contribution is -2.45. The van der Waals surface area contributed by atoms with Crippen LogP contribution in [0.5, 0.6) is 5.75 Å². The highest BCUT2D eigenvalue weighted by molar-refractivity contribution is 5.92. The fraction of sp³-hybridized carbons (Fsp3) is 0.476. The number of carbonyl (C=O) groups is 1. The van der Waals surface area contributed by atoms with Crippen molar-refractivity contribution in [1.29, 1.82) is 0 Å². The van der Waals surface area contributed by atoms with Gasteiger partial charge in [0.2, 0.25) is 0 Å². The summed E-state index contributed by atoms with van der Waals surface area (Å²) in [5, 5.41) is 11.2. The highest BCUT2D eigenvalue weighted by atomic mass is 16.7. The molecule has 1 N–H and O–H groups in total. The highest BCUT2D eigenvalue weighted by Gasteiger charge is 2.40. The zero-order valence-corrected chi connectivity index (χ0v) is 16.6. The summed E-state index contributed by atoms with van der Waals surface area (Å²) in [7, 11) is 1.64. The standard InChI is InChI=1S/C21H26N4O4/c1-27-17-4-2-3-16(15-17)7-10-22-20(26)18-5-6-19(24-23-18)25-11-8-21(9-12-25)28-13-14-29-21/h2-6,15H,7-14H2,1H3,(H,22,26). The fourth-order valence-electron chi connectivity index (χ4n) is 3.72. The second kappa shape index (κ2) is 8.75. The summed E-state index contributed by atoms with van der Waals surface area (Å²) in [5.41, 5.74) is 1.42. The van der Waals surface area contributed by atoms with Gasteiger partial charge < -0.3 is 24.4 Å². The first kappa shape index (κ1) is 19.6. The summed E-state index contributed by atoms with van der Waals surface area (Å²) in [6, 6.07) is 11.4. The van der Waals surface area contributed by atoms with E-state index in [-0.39, 0.29) is 5.91 Å². The number of hydrogen-bond donors (Lipinski definition) is 1. The molecule has 154 valence electrons. The van der Waals surface area contributed by atoms with E-state index < -0.39 is 5.79 Å². The van der Waals surface area contributed by atoms with E-state index in [0.717, 1.165) is 43.1 Å². The van der Waals surface area contributed by atoms with Crippen LogP contribution >= 0.6 is 0 Å². The van der Waals surface area contributed by atoms with E-state index in [9.17, 15) is 4.79 Å². The van der Waals surface area contributed by atoms with E-state index in [4.69, 9.17) is 14.2 Å². The fourth-order valence-corrected chi connectivity index (χ4v) is 3.72. The molecule has 2 aliphatic rings. The van der Waals surface area contributed by atoms with Crippen molar-refractivity contribution in [2.24, 2.45) is 0 Å². The third kappa shape index (κ3) is 4.65. The molecular formula is C21H26N4O4. The Hall–Kier alpha value is -2.71. The van der Waals surface area contributed by atoms with Crippen molar-refractivity contribution in [3.63, 3.8) is 0 Å². The van der Waals surface area contributed by atoms with Crippen LogP contribution < -0.4 is 15.0 Å². The number of aromatic nitrogens is 2. The molecule has 1 amide bonds. The third-order valence-corrected chi connectivity index (χ3v) is 5.38. The van der Waals surface area contributed by atoms with Crippen molar-refractivity contribution in [1.82, 2.24) is 15.5 Å². The first-order valence-electron chi connectivity index (χ1n) is 9.95. The van der Waals surface area contributed by atoms with Gasteiger partial charge >= 0.3 is 0 Å². The summed E-state index contributed by atoms with van der Waals surface area (Å²) in [6.07, 6.45) is 2.33. The lowest BCUT2D eigenvalue weighted by atomic mass is 10.0. The van der Waals surface area contributed by atoms with Crippen LogP contribution in [0.2, 0.25) is 0 Å². The Balaban J connectivity index is 1.27. The summed E-state index contributed by atoms with van der Waals surface area (Å²) < 4.78 is 16.7. The second-order valence-corrected chi connectivity index (χ2v) is 7.23. The predicted molar refractivity (Wildman–Crippen MR) is 107 cm³/mol. The molecule has 2 saturated heterocycles. The SMILES string of the molecule is COc1cccc(CCNC(=O)c2ccc(N3CCC4(CC3)OCCO4)nn2)c1. The van der Waals surface area contributed by atoms with Gasteiger partial charge in [-0.3, -0.25) is 4.79 Å². The molecule has 1 spiro atoms. The summed E-state index contributed by atoms with van der Waals surface area (Å²) in [4.78, 5) is 14.5. The van der Waals surface area contributed by atoms with Gasteiger partial charge in [-0.1, -0.05) is 12.1 Å². The predicted octanol–water partition coefficient (Wildman–Crippen LogP) is 1.80. The first-order chi connectivity index (χ1) is 14.2. The number of nitrogens with one attached hydrogen (secondary N) is 1. The smallest absolute Gasteiger partial charge is 0.271 e. The molecule has 4 rings (SSSR count). The Morgan fingerprint density at radius 2 is 1.97 bits per heavy atom. The van der Waals surface area contributed by atoms with Crippen molar-refractivity contribution in [3.8, 4) is 5.75 Å². The lowest BCUT2D eigenvalue weighted by molar-refractivity contribution is -0.169. The van der Waals surface area contributed by atoms with Crippen molar-refractivity contribution in [2.75, 3.05) is 44.9 Å². The maximum Gasteiger partial charge on any atom is 0.271 e. The van der Waals surface area contributed by atoms with Gasteiger partial charge in [0.05, 0.1) is 20.3 Å². The van der Waals surface area contributed by atoms with Crippen molar-refractivity contribution in [2.45, 2.75) is 25.0 Å². The minimum absolute atomic E-state index is 0.225. The van der Waals surface area contributed by atoms with Crippen LogP contribution in [-0.2, 0) is 15.9 Å². The highest BCUT2D eigenvalue weighted by Crippen LogP contribution is 2.32. The van der Waals surface area contributed by atoms with Crippen LogP contribution in [0.1, 0.15) is 28.9 Å². The number of methoxy groups -OCH3 is 1. The number of nitrogens with zero attached hydrogens (tertiary/aromatic N) is 3. The number of hydrogen-bond acceptors (Lipinski definition) is 7. The molecule has 0 radical (unpaired) electrons. The van der Waals surface area contributed by atoms with E-state index in [1.165, 1.54) is 0 Å². The Kier molecular flexibility index (Phi) is 5.92.